The van der Waals surface area contributed by atoms with Crippen LogP contribution >= 0.6 is 11.3 Å². The van der Waals surface area contributed by atoms with E-state index in [0.717, 1.165) is 4.88 Å². The Kier molecular flexibility index (Phi) is 5.59. The summed E-state index contributed by atoms with van der Waals surface area (Å²) in [4.78, 5) is 24.0. The van der Waals surface area contributed by atoms with Crippen molar-refractivity contribution in [3.8, 4) is 11.6 Å². The van der Waals surface area contributed by atoms with Gasteiger partial charge in [-0.15, -0.1) is 11.3 Å². The van der Waals surface area contributed by atoms with Gasteiger partial charge in [0, 0.05) is 32.2 Å². The molecule has 1 fully saturated rings. The minimum atomic E-state index is -3.28. The highest BCUT2D eigenvalue weighted by Gasteiger charge is 2.26. The molecule has 4 aromatic rings. The first-order valence-corrected chi connectivity index (χ1v) is 13.2. The number of sulfone groups is 1. The smallest absolute Gasteiger partial charge is 0.263 e. The molecule has 4 heterocycles. The van der Waals surface area contributed by atoms with Gasteiger partial charge < -0.3 is 9.64 Å². The van der Waals surface area contributed by atoms with E-state index in [9.17, 15) is 13.2 Å². The molecule has 0 aliphatic carbocycles. The van der Waals surface area contributed by atoms with Gasteiger partial charge in [0.05, 0.1) is 21.7 Å². The topological polar surface area (TPSA) is 107 Å². The largest absolute Gasteiger partial charge is 0.474 e. The molecular formula is C22H21N5O4S2. The maximum atomic E-state index is 12.5. The third-order valence-electron chi connectivity index (χ3n) is 5.58. The van der Waals surface area contributed by atoms with Crippen molar-refractivity contribution < 1.29 is 17.9 Å². The van der Waals surface area contributed by atoms with Crippen molar-refractivity contribution in [2.24, 2.45) is 0 Å². The summed E-state index contributed by atoms with van der Waals surface area (Å²) in [5, 5.41) is 6.98. The summed E-state index contributed by atoms with van der Waals surface area (Å²) >= 11 is 1.45. The van der Waals surface area contributed by atoms with E-state index >= 15 is 0 Å². The Morgan fingerprint density at radius 1 is 1.12 bits per heavy atom. The van der Waals surface area contributed by atoms with Crippen LogP contribution in [0, 0.1) is 0 Å². The minimum absolute atomic E-state index is 0.0621. The standard InChI is InChI=1S/C22H21N5O4S2/c1-33(29,30)17-6-4-15(5-7-17)27-20-18(13-25-27)21(24-14-23-20)31-16-8-10-26(11-9-16)22(28)19-3-2-12-32-19/h2-7,12-14,16H,8-11H2,1H3. The maximum absolute atomic E-state index is 12.5. The first-order chi connectivity index (χ1) is 15.9. The van der Waals surface area contributed by atoms with Gasteiger partial charge in [0.25, 0.3) is 5.91 Å². The highest BCUT2D eigenvalue weighted by molar-refractivity contribution is 7.90. The SMILES string of the molecule is CS(=O)(=O)c1ccc(-n2ncc3c(OC4CCN(C(=O)c5cccs5)CC4)ncnc32)cc1. The van der Waals surface area contributed by atoms with Crippen LogP contribution in [0.15, 0.2) is 59.2 Å². The van der Waals surface area contributed by atoms with Crippen molar-refractivity contribution in [3.05, 3.63) is 59.2 Å². The van der Waals surface area contributed by atoms with E-state index in [1.54, 1.807) is 35.1 Å². The number of ether oxygens (including phenoxy) is 1. The van der Waals surface area contributed by atoms with Crippen LogP contribution in [-0.4, -0.2) is 64.4 Å². The summed E-state index contributed by atoms with van der Waals surface area (Å²) in [5.41, 5.74) is 1.25. The number of benzene rings is 1. The van der Waals surface area contributed by atoms with Gasteiger partial charge in [0.1, 0.15) is 17.8 Å². The van der Waals surface area contributed by atoms with Gasteiger partial charge in [-0.25, -0.2) is 23.1 Å². The molecule has 0 atom stereocenters. The molecule has 11 heteroatoms. The number of hydrogen-bond donors (Lipinski definition) is 0. The van der Waals surface area contributed by atoms with Gasteiger partial charge >= 0.3 is 0 Å². The molecule has 0 unspecified atom stereocenters. The lowest BCUT2D eigenvalue weighted by molar-refractivity contribution is 0.0595. The molecule has 1 saturated heterocycles. The van der Waals surface area contributed by atoms with E-state index in [1.165, 1.54) is 23.9 Å². The van der Waals surface area contributed by atoms with Crippen molar-refractivity contribution in [1.82, 2.24) is 24.6 Å². The second kappa shape index (κ2) is 8.56. The molecule has 9 nitrogen and oxygen atoms in total. The predicted octanol–water partition coefficient (Wildman–Crippen LogP) is 2.96. The van der Waals surface area contributed by atoms with Crippen molar-refractivity contribution in [1.29, 1.82) is 0 Å². The number of carbonyl (C=O) groups is 1. The minimum Gasteiger partial charge on any atom is -0.474 e. The summed E-state index contributed by atoms with van der Waals surface area (Å²) < 4.78 is 31.2. The Bertz CT molecular complexity index is 1390. The molecular weight excluding hydrogens is 462 g/mol. The molecule has 1 aliphatic rings. The zero-order valence-electron chi connectivity index (χ0n) is 17.8. The highest BCUT2D eigenvalue weighted by atomic mass is 32.2. The molecule has 0 spiro atoms. The van der Waals surface area contributed by atoms with Crippen LogP contribution in [0.3, 0.4) is 0 Å². The van der Waals surface area contributed by atoms with Gasteiger partial charge in [-0.05, 0) is 35.7 Å². The van der Waals surface area contributed by atoms with Gasteiger partial charge in [0.2, 0.25) is 5.88 Å². The third-order valence-corrected chi connectivity index (χ3v) is 7.56. The van der Waals surface area contributed by atoms with E-state index in [2.05, 4.69) is 15.1 Å². The third kappa shape index (κ3) is 4.33. The summed E-state index contributed by atoms with van der Waals surface area (Å²) in [6.45, 7) is 1.25. The van der Waals surface area contributed by atoms with Crippen molar-refractivity contribution >= 4 is 38.1 Å². The lowest BCUT2D eigenvalue weighted by Crippen LogP contribution is -2.41. The molecule has 0 saturated carbocycles. The van der Waals surface area contributed by atoms with Crippen LogP contribution < -0.4 is 4.74 Å². The number of nitrogens with zero attached hydrogens (tertiary/aromatic N) is 5. The highest BCUT2D eigenvalue weighted by Crippen LogP contribution is 2.27. The quantitative estimate of drug-likeness (QED) is 0.429. The molecule has 0 bridgehead atoms. The maximum Gasteiger partial charge on any atom is 0.263 e. The number of thiophene rings is 1. The lowest BCUT2D eigenvalue weighted by atomic mass is 10.1. The number of aromatic nitrogens is 4. The van der Waals surface area contributed by atoms with Crippen LogP contribution in [0.2, 0.25) is 0 Å². The van der Waals surface area contributed by atoms with Crippen molar-refractivity contribution in [2.75, 3.05) is 19.3 Å². The van der Waals surface area contributed by atoms with Crippen LogP contribution in [0.1, 0.15) is 22.5 Å². The Balaban J connectivity index is 1.31. The van der Waals surface area contributed by atoms with E-state index in [0.29, 0.717) is 48.5 Å². The predicted molar refractivity (Wildman–Crippen MR) is 124 cm³/mol. The number of amides is 1. The fourth-order valence-electron chi connectivity index (χ4n) is 3.83. The summed E-state index contributed by atoms with van der Waals surface area (Å²) in [6.07, 6.45) is 5.60. The number of rotatable bonds is 5. The van der Waals surface area contributed by atoms with Crippen LogP contribution in [0.5, 0.6) is 5.88 Å². The Hall–Kier alpha value is -3.31. The number of likely N-dealkylation sites (tertiary alicyclic amines) is 1. The Morgan fingerprint density at radius 3 is 2.55 bits per heavy atom. The number of piperidine rings is 1. The summed E-state index contributed by atoms with van der Waals surface area (Å²) in [6, 6.07) is 10.2. The number of hydrogen-bond acceptors (Lipinski definition) is 8. The van der Waals surface area contributed by atoms with Crippen molar-refractivity contribution in [3.63, 3.8) is 0 Å². The Morgan fingerprint density at radius 2 is 1.88 bits per heavy atom. The van der Waals surface area contributed by atoms with Crippen LogP contribution in [-0.2, 0) is 9.84 Å². The molecule has 1 aliphatic heterocycles. The van der Waals surface area contributed by atoms with Crippen LogP contribution in [0.4, 0.5) is 0 Å². The molecule has 1 amide bonds. The van der Waals surface area contributed by atoms with E-state index in [-0.39, 0.29) is 16.9 Å². The molecule has 170 valence electrons. The molecule has 0 N–H and O–H groups in total. The first kappa shape index (κ1) is 21.5. The summed E-state index contributed by atoms with van der Waals surface area (Å²) in [7, 11) is -3.28. The van der Waals surface area contributed by atoms with Gasteiger partial charge in [-0.1, -0.05) is 6.07 Å². The second-order valence-electron chi connectivity index (χ2n) is 7.83. The van der Waals surface area contributed by atoms with Crippen molar-refractivity contribution in [2.45, 2.75) is 23.8 Å². The zero-order valence-corrected chi connectivity index (χ0v) is 19.4. The van der Waals surface area contributed by atoms with Gasteiger partial charge in [-0.2, -0.15) is 5.10 Å². The average molecular weight is 484 g/mol. The van der Waals surface area contributed by atoms with E-state index < -0.39 is 9.84 Å². The fourth-order valence-corrected chi connectivity index (χ4v) is 5.15. The Labute approximate surface area is 194 Å². The molecule has 33 heavy (non-hydrogen) atoms. The molecule has 1 aromatic carbocycles. The van der Waals surface area contributed by atoms with Gasteiger partial charge in [0.15, 0.2) is 15.5 Å². The fraction of sp³-hybridized carbons (Fsp3) is 0.273. The average Bonchev–Trinajstić information content (AvgIpc) is 3.50. The van der Waals surface area contributed by atoms with Crippen LogP contribution in [0.25, 0.3) is 16.7 Å². The monoisotopic (exact) mass is 483 g/mol. The second-order valence-corrected chi connectivity index (χ2v) is 10.8. The van der Waals surface area contributed by atoms with E-state index in [4.69, 9.17) is 4.74 Å². The lowest BCUT2D eigenvalue weighted by Gasteiger charge is -2.31. The van der Waals surface area contributed by atoms with Gasteiger partial charge in [-0.3, -0.25) is 4.79 Å². The number of fused-ring (bicyclic) bond motifs is 1. The first-order valence-electron chi connectivity index (χ1n) is 10.4. The molecule has 0 radical (unpaired) electrons. The normalized spacial score (nSPS) is 15.1. The summed E-state index contributed by atoms with van der Waals surface area (Å²) in [5.74, 6) is 0.512. The number of carbonyl (C=O) groups excluding carboxylic acids is 1. The molecule has 3 aromatic heterocycles. The van der Waals surface area contributed by atoms with E-state index in [1.807, 2.05) is 22.4 Å². The zero-order chi connectivity index (χ0) is 23.0. The molecule has 5 rings (SSSR count).